The molecule has 0 saturated heterocycles. The van der Waals surface area contributed by atoms with Crippen LogP contribution < -0.4 is 5.32 Å². The molecule has 0 fully saturated rings. The van der Waals surface area contributed by atoms with Gasteiger partial charge in [-0.15, -0.1) is 0 Å². The maximum Gasteiger partial charge on any atom is 0.248 e. The van der Waals surface area contributed by atoms with E-state index in [1.165, 1.54) is 6.08 Å². The van der Waals surface area contributed by atoms with Gasteiger partial charge in [0.15, 0.2) is 5.76 Å². The molecular weight excluding hydrogens is 398 g/mol. The zero-order valence-electron chi connectivity index (χ0n) is 16.2. The van der Waals surface area contributed by atoms with E-state index in [9.17, 15) is 9.59 Å². The van der Waals surface area contributed by atoms with E-state index >= 15 is 0 Å². The number of ketones is 1. The number of halogens is 1. The largest absolute Gasteiger partial charge is 0.450 e. The van der Waals surface area contributed by atoms with Crippen molar-refractivity contribution >= 4 is 46.0 Å². The third kappa shape index (κ3) is 4.19. The van der Waals surface area contributed by atoms with Crippen molar-refractivity contribution in [2.24, 2.45) is 0 Å². The van der Waals surface area contributed by atoms with E-state index in [0.29, 0.717) is 27.2 Å². The van der Waals surface area contributed by atoms with Crippen molar-refractivity contribution in [1.82, 2.24) is 0 Å². The summed E-state index contributed by atoms with van der Waals surface area (Å²) < 4.78 is 5.80. The summed E-state index contributed by atoms with van der Waals surface area (Å²) in [6, 6.07) is 21.5. The predicted molar refractivity (Wildman–Crippen MR) is 120 cm³/mol. The van der Waals surface area contributed by atoms with Crippen molar-refractivity contribution < 1.29 is 14.0 Å². The second-order valence-corrected chi connectivity index (χ2v) is 7.31. The predicted octanol–water partition coefficient (Wildman–Crippen LogP) is 6.28. The fourth-order valence-electron chi connectivity index (χ4n) is 3.08. The molecule has 4 nitrogen and oxygen atoms in total. The van der Waals surface area contributed by atoms with Gasteiger partial charge in [0.1, 0.15) is 5.58 Å². The van der Waals surface area contributed by atoms with Crippen LogP contribution in [0.3, 0.4) is 0 Å². The SMILES string of the molecule is Cc1ccc(/C=C/C(=O)Nc2c(C(=O)c3ccc(Cl)cc3)oc3ccccc23)cc1. The monoisotopic (exact) mass is 415 g/mol. The average Bonchev–Trinajstić information content (AvgIpc) is 3.12. The Morgan fingerprint density at radius 2 is 1.63 bits per heavy atom. The minimum Gasteiger partial charge on any atom is -0.450 e. The Bertz CT molecular complexity index is 1250. The Morgan fingerprint density at radius 3 is 2.37 bits per heavy atom. The lowest BCUT2D eigenvalue weighted by molar-refractivity contribution is -0.111. The van der Waals surface area contributed by atoms with Crippen LogP contribution in [0, 0.1) is 6.92 Å². The van der Waals surface area contributed by atoms with E-state index < -0.39 is 0 Å². The summed E-state index contributed by atoms with van der Waals surface area (Å²) in [5.41, 5.74) is 3.35. The summed E-state index contributed by atoms with van der Waals surface area (Å²) in [5.74, 6) is -0.608. The zero-order valence-corrected chi connectivity index (χ0v) is 16.9. The topological polar surface area (TPSA) is 59.3 Å². The van der Waals surface area contributed by atoms with Gasteiger partial charge in [-0.1, -0.05) is 53.6 Å². The minimum atomic E-state index is -0.354. The van der Waals surface area contributed by atoms with E-state index in [4.69, 9.17) is 16.0 Å². The summed E-state index contributed by atoms with van der Waals surface area (Å²) in [7, 11) is 0. The van der Waals surface area contributed by atoms with Gasteiger partial charge in [-0.25, -0.2) is 0 Å². The average molecular weight is 416 g/mol. The summed E-state index contributed by atoms with van der Waals surface area (Å²) in [4.78, 5) is 25.6. The lowest BCUT2D eigenvalue weighted by Gasteiger charge is -2.04. The number of rotatable bonds is 5. The molecule has 0 atom stereocenters. The molecule has 1 amide bonds. The Hall–Kier alpha value is -3.63. The molecule has 1 heterocycles. The van der Waals surface area contributed by atoms with Crippen LogP contribution in [0.1, 0.15) is 27.2 Å². The number of carbonyl (C=O) groups is 2. The van der Waals surface area contributed by atoms with Crippen molar-refractivity contribution in [2.45, 2.75) is 6.92 Å². The van der Waals surface area contributed by atoms with Gasteiger partial charge < -0.3 is 9.73 Å². The highest BCUT2D eigenvalue weighted by Gasteiger charge is 2.22. The number of aryl methyl sites for hydroxylation is 1. The summed E-state index contributed by atoms with van der Waals surface area (Å²) in [6.07, 6.45) is 3.15. The standard InChI is InChI=1S/C25H18ClNO3/c1-16-6-8-17(9-7-16)10-15-22(28)27-23-20-4-2-3-5-21(20)30-25(23)24(29)18-11-13-19(26)14-12-18/h2-15H,1H3,(H,27,28)/b15-10+. The third-order valence-corrected chi connectivity index (χ3v) is 4.91. The molecule has 0 aliphatic heterocycles. The van der Waals surface area contributed by atoms with Gasteiger partial charge in [0.05, 0.1) is 5.69 Å². The van der Waals surface area contributed by atoms with Crippen LogP contribution in [0.25, 0.3) is 17.0 Å². The van der Waals surface area contributed by atoms with E-state index in [-0.39, 0.29) is 17.5 Å². The molecule has 5 heteroatoms. The Kier molecular flexibility index (Phi) is 5.50. The number of benzene rings is 3. The summed E-state index contributed by atoms with van der Waals surface area (Å²) in [5, 5.41) is 4.00. The quantitative estimate of drug-likeness (QED) is 0.308. The molecule has 3 aromatic carbocycles. The van der Waals surface area contributed by atoms with Crippen molar-refractivity contribution in [3.05, 3.63) is 106 Å². The molecule has 1 N–H and O–H groups in total. The molecule has 0 saturated carbocycles. The van der Waals surface area contributed by atoms with Crippen LogP contribution in [0.5, 0.6) is 0 Å². The first kappa shape index (κ1) is 19.7. The van der Waals surface area contributed by atoms with Crippen LogP contribution in [-0.4, -0.2) is 11.7 Å². The second-order valence-electron chi connectivity index (χ2n) is 6.87. The Morgan fingerprint density at radius 1 is 0.933 bits per heavy atom. The van der Waals surface area contributed by atoms with Crippen LogP contribution >= 0.6 is 11.6 Å². The normalized spacial score (nSPS) is 11.1. The number of nitrogens with one attached hydrogen (secondary N) is 1. The van der Waals surface area contributed by atoms with E-state index in [2.05, 4.69) is 5.32 Å². The van der Waals surface area contributed by atoms with Gasteiger partial charge >= 0.3 is 0 Å². The molecule has 4 aromatic rings. The van der Waals surface area contributed by atoms with Crippen LogP contribution in [0.2, 0.25) is 5.02 Å². The molecule has 1 aromatic heterocycles. The van der Waals surface area contributed by atoms with E-state index in [1.807, 2.05) is 43.3 Å². The van der Waals surface area contributed by atoms with Gasteiger partial charge in [-0.05, 0) is 55.0 Å². The molecule has 4 rings (SSSR count). The van der Waals surface area contributed by atoms with Gasteiger partial charge in [-0.3, -0.25) is 9.59 Å². The number of amides is 1. The van der Waals surface area contributed by atoms with Gasteiger partial charge in [0.25, 0.3) is 0 Å². The molecule has 30 heavy (non-hydrogen) atoms. The first-order valence-electron chi connectivity index (χ1n) is 9.39. The molecule has 0 aliphatic rings. The number of furan rings is 1. The Balaban J connectivity index is 1.66. The molecule has 0 radical (unpaired) electrons. The number of fused-ring (bicyclic) bond motifs is 1. The summed E-state index contributed by atoms with van der Waals surface area (Å²) in [6.45, 7) is 2.00. The Labute approximate surface area is 178 Å². The van der Waals surface area contributed by atoms with Crippen LogP contribution in [0.15, 0.2) is 83.3 Å². The molecule has 0 aliphatic carbocycles. The molecule has 0 spiro atoms. The smallest absolute Gasteiger partial charge is 0.248 e. The number of anilines is 1. The van der Waals surface area contributed by atoms with E-state index in [1.54, 1.807) is 42.5 Å². The van der Waals surface area contributed by atoms with Crippen molar-refractivity contribution in [3.63, 3.8) is 0 Å². The highest BCUT2D eigenvalue weighted by molar-refractivity contribution is 6.30. The minimum absolute atomic E-state index is 0.0793. The third-order valence-electron chi connectivity index (χ3n) is 4.66. The maximum atomic E-state index is 13.0. The fraction of sp³-hybridized carbons (Fsp3) is 0.0400. The molecule has 148 valence electrons. The highest BCUT2D eigenvalue weighted by Crippen LogP contribution is 2.32. The maximum absolute atomic E-state index is 13.0. The van der Waals surface area contributed by atoms with Gasteiger partial charge in [0.2, 0.25) is 11.7 Å². The number of hydrogen-bond donors (Lipinski definition) is 1. The molecular formula is C25H18ClNO3. The lowest BCUT2D eigenvalue weighted by Crippen LogP contribution is -2.11. The number of hydrogen-bond acceptors (Lipinski definition) is 3. The first-order valence-corrected chi connectivity index (χ1v) is 9.76. The van der Waals surface area contributed by atoms with E-state index in [0.717, 1.165) is 11.1 Å². The lowest BCUT2D eigenvalue weighted by atomic mass is 10.1. The van der Waals surface area contributed by atoms with Crippen LogP contribution in [-0.2, 0) is 4.79 Å². The van der Waals surface area contributed by atoms with Gasteiger partial charge in [-0.2, -0.15) is 0 Å². The van der Waals surface area contributed by atoms with Crippen molar-refractivity contribution in [1.29, 1.82) is 0 Å². The second kappa shape index (κ2) is 8.39. The first-order chi connectivity index (χ1) is 14.5. The summed E-state index contributed by atoms with van der Waals surface area (Å²) >= 11 is 5.92. The van der Waals surface area contributed by atoms with Crippen molar-refractivity contribution in [3.8, 4) is 0 Å². The van der Waals surface area contributed by atoms with Gasteiger partial charge in [0, 0.05) is 22.0 Å². The molecule has 0 unspecified atom stereocenters. The number of para-hydroxylation sites is 1. The van der Waals surface area contributed by atoms with Crippen molar-refractivity contribution in [2.75, 3.05) is 5.32 Å². The fourth-order valence-corrected chi connectivity index (χ4v) is 3.20. The van der Waals surface area contributed by atoms with Crippen LogP contribution in [0.4, 0.5) is 5.69 Å². The highest BCUT2D eigenvalue weighted by atomic mass is 35.5. The zero-order chi connectivity index (χ0) is 21.1. The number of carbonyl (C=O) groups excluding carboxylic acids is 2. The molecule has 0 bridgehead atoms.